The number of hydrogen-bond donors (Lipinski definition) is 1. The summed E-state index contributed by atoms with van der Waals surface area (Å²) in [6.45, 7) is 0.113. The fourth-order valence-corrected chi connectivity index (χ4v) is 2.89. The Bertz CT molecular complexity index is 975. The Hall–Kier alpha value is -3.22. The number of nitrogens with zero attached hydrogens (tertiary/aromatic N) is 2. The van der Waals surface area contributed by atoms with E-state index in [9.17, 15) is 14.0 Å². The van der Waals surface area contributed by atoms with Crippen molar-refractivity contribution in [3.63, 3.8) is 0 Å². The number of amides is 1. The number of nitrogens with one attached hydrogen (secondary N) is 1. The monoisotopic (exact) mass is 354 g/mol. The van der Waals surface area contributed by atoms with Crippen molar-refractivity contribution >= 4 is 5.91 Å². The van der Waals surface area contributed by atoms with Gasteiger partial charge in [-0.25, -0.2) is 9.18 Å². The molecule has 132 valence electrons. The lowest BCUT2D eigenvalue weighted by Crippen LogP contribution is -2.43. The summed E-state index contributed by atoms with van der Waals surface area (Å²) in [4.78, 5) is 26.7. The van der Waals surface area contributed by atoms with Crippen LogP contribution in [0.4, 0.5) is 4.39 Å². The van der Waals surface area contributed by atoms with Crippen molar-refractivity contribution in [2.45, 2.75) is 25.4 Å². The molecule has 3 aromatic rings. The Morgan fingerprint density at radius 1 is 1.15 bits per heavy atom. The SMILES string of the molecule is O=C(c1ccc(F)cc1)N(Cc1c(=O)o[nH][n+]1-c1ccccc1)C1CC1. The molecule has 1 aliphatic carbocycles. The van der Waals surface area contributed by atoms with Crippen LogP contribution in [0.1, 0.15) is 28.9 Å². The minimum Gasteiger partial charge on any atom is -0.325 e. The Morgan fingerprint density at radius 2 is 1.85 bits per heavy atom. The summed E-state index contributed by atoms with van der Waals surface area (Å²) in [5.41, 5.74) is 0.938. The molecule has 7 heteroatoms. The highest BCUT2D eigenvalue weighted by Crippen LogP contribution is 2.29. The minimum absolute atomic E-state index is 0.0751. The van der Waals surface area contributed by atoms with Gasteiger partial charge in [-0.3, -0.25) is 9.32 Å². The van der Waals surface area contributed by atoms with Crippen molar-refractivity contribution in [3.8, 4) is 5.69 Å². The van der Waals surface area contributed by atoms with Crippen LogP contribution in [-0.2, 0) is 6.54 Å². The van der Waals surface area contributed by atoms with E-state index in [4.69, 9.17) is 4.52 Å². The third-order valence-electron chi connectivity index (χ3n) is 4.41. The van der Waals surface area contributed by atoms with Gasteiger partial charge in [0.05, 0.1) is 0 Å². The summed E-state index contributed by atoms with van der Waals surface area (Å²) in [7, 11) is 0. The van der Waals surface area contributed by atoms with E-state index in [0.717, 1.165) is 18.5 Å². The van der Waals surface area contributed by atoms with E-state index in [1.54, 1.807) is 4.90 Å². The van der Waals surface area contributed by atoms with Crippen LogP contribution >= 0.6 is 0 Å². The van der Waals surface area contributed by atoms with Gasteiger partial charge >= 0.3 is 11.3 Å². The molecular weight excluding hydrogens is 337 g/mol. The molecular formula is C19H17FN3O3+. The van der Waals surface area contributed by atoms with E-state index in [2.05, 4.69) is 5.27 Å². The number of rotatable bonds is 5. The molecule has 1 fully saturated rings. The molecule has 0 atom stereocenters. The minimum atomic E-state index is -0.522. The zero-order chi connectivity index (χ0) is 18.1. The van der Waals surface area contributed by atoms with E-state index >= 15 is 0 Å². The van der Waals surface area contributed by atoms with Gasteiger partial charge in [-0.2, -0.15) is 0 Å². The van der Waals surface area contributed by atoms with Crippen molar-refractivity contribution in [1.82, 2.24) is 10.2 Å². The molecule has 2 aromatic carbocycles. The summed E-state index contributed by atoms with van der Waals surface area (Å²) in [5.74, 6) is -0.625. The number of hydrogen-bond acceptors (Lipinski definition) is 3. The zero-order valence-electron chi connectivity index (χ0n) is 13.9. The molecule has 1 amide bonds. The first-order valence-electron chi connectivity index (χ1n) is 8.38. The number of carbonyl (C=O) groups excluding carboxylic acids is 1. The maximum Gasteiger partial charge on any atom is 0.432 e. The van der Waals surface area contributed by atoms with Crippen molar-refractivity contribution in [1.29, 1.82) is 0 Å². The highest BCUT2D eigenvalue weighted by molar-refractivity contribution is 5.94. The molecule has 4 rings (SSSR count). The lowest BCUT2D eigenvalue weighted by Gasteiger charge is -2.20. The predicted molar refractivity (Wildman–Crippen MR) is 90.2 cm³/mol. The van der Waals surface area contributed by atoms with Gasteiger partial charge < -0.3 is 4.90 Å². The second kappa shape index (κ2) is 6.59. The summed E-state index contributed by atoms with van der Waals surface area (Å²) < 4.78 is 19.6. The number of aromatic amines is 1. The van der Waals surface area contributed by atoms with E-state index in [-0.39, 0.29) is 18.5 Å². The predicted octanol–water partition coefficient (Wildman–Crippen LogP) is 2.19. The van der Waals surface area contributed by atoms with Crippen molar-refractivity contribution in [2.75, 3.05) is 0 Å². The van der Waals surface area contributed by atoms with Crippen LogP contribution in [0.25, 0.3) is 5.69 Å². The molecule has 0 radical (unpaired) electrons. The van der Waals surface area contributed by atoms with Crippen molar-refractivity contribution < 1.29 is 18.4 Å². The van der Waals surface area contributed by atoms with Crippen LogP contribution in [0.5, 0.6) is 0 Å². The third-order valence-corrected chi connectivity index (χ3v) is 4.41. The second-order valence-electron chi connectivity index (χ2n) is 6.27. The maximum atomic E-state index is 13.1. The van der Waals surface area contributed by atoms with Crippen molar-refractivity contribution in [3.05, 3.63) is 82.1 Å². The number of para-hydroxylation sites is 1. The Labute approximate surface area is 148 Å². The third kappa shape index (κ3) is 3.15. The van der Waals surface area contributed by atoms with Crippen LogP contribution in [0.2, 0.25) is 0 Å². The molecule has 1 aromatic heterocycles. The lowest BCUT2D eigenvalue weighted by molar-refractivity contribution is -0.678. The Morgan fingerprint density at radius 3 is 2.50 bits per heavy atom. The van der Waals surface area contributed by atoms with Crippen LogP contribution in [0.3, 0.4) is 0 Å². The number of H-pyrrole nitrogens is 1. The first-order chi connectivity index (χ1) is 12.6. The van der Waals surface area contributed by atoms with Crippen LogP contribution in [0, 0.1) is 5.82 Å². The highest BCUT2D eigenvalue weighted by Gasteiger charge is 2.37. The van der Waals surface area contributed by atoms with Gasteiger partial charge in [0.15, 0.2) is 0 Å². The van der Waals surface area contributed by atoms with E-state index in [1.807, 2.05) is 30.3 Å². The normalized spacial score (nSPS) is 13.6. The number of benzene rings is 2. The van der Waals surface area contributed by atoms with Gasteiger partial charge in [-0.1, -0.05) is 18.2 Å². The molecule has 1 N–H and O–H groups in total. The van der Waals surface area contributed by atoms with Gasteiger partial charge in [0, 0.05) is 23.7 Å². The molecule has 0 saturated heterocycles. The first-order valence-corrected chi connectivity index (χ1v) is 8.38. The fourth-order valence-electron chi connectivity index (χ4n) is 2.89. The molecule has 0 aliphatic heterocycles. The van der Waals surface area contributed by atoms with Gasteiger partial charge in [0.25, 0.3) is 5.91 Å². The lowest BCUT2D eigenvalue weighted by atomic mass is 10.2. The highest BCUT2D eigenvalue weighted by atomic mass is 19.1. The summed E-state index contributed by atoms with van der Waals surface area (Å²) >= 11 is 0. The molecule has 26 heavy (non-hydrogen) atoms. The molecule has 1 saturated carbocycles. The molecule has 0 spiro atoms. The average Bonchev–Trinajstić information content (AvgIpc) is 3.44. The quantitative estimate of drug-likeness (QED) is 0.714. The van der Waals surface area contributed by atoms with Crippen molar-refractivity contribution in [2.24, 2.45) is 0 Å². The zero-order valence-corrected chi connectivity index (χ0v) is 13.9. The van der Waals surface area contributed by atoms with Crippen LogP contribution < -0.4 is 10.3 Å². The van der Waals surface area contributed by atoms with E-state index in [0.29, 0.717) is 11.3 Å². The number of carbonyl (C=O) groups is 1. The van der Waals surface area contributed by atoms with E-state index < -0.39 is 11.4 Å². The van der Waals surface area contributed by atoms with Crippen LogP contribution in [-0.4, -0.2) is 22.1 Å². The van der Waals surface area contributed by atoms with E-state index in [1.165, 1.54) is 28.9 Å². The number of halogens is 1. The fraction of sp³-hybridized carbons (Fsp3) is 0.211. The second-order valence-corrected chi connectivity index (χ2v) is 6.27. The summed E-state index contributed by atoms with van der Waals surface area (Å²) in [6, 6.07) is 14.7. The Balaban J connectivity index is 1.66. The van der Waals surface area contributed by atoms with Gasteiger partial charge in [0.1, 0.15) is 12.4 Å². The van der Waals surface area contributed by atoms with Gasteiger partial charge in [-0.05, 0) is 47.1 Å². The smallest absolute Gasteiger partial charge is 0.325 e. The van der Waals surface area contributed by atoms with Crippen LogP contribution in [0.15, 0.2) is 63.9 Å². The van der Waals surface area contributed by atoms with Gasteiger partial charge in [-0.15, -0.1) is 0 Å². The molecule has 0 bridgehead atoms. The standard InChI is InChI=1S/C19H16FN3O3/c20-14-8-6-13(7-9-14)18(24)22(15-10-11-15)12-17-19(25)26-21-23(17)16-4-2-1-3-5-16/h1-9,15H,10-12H2/p+1. The summed E-state index contributed by atoms with van der Waals surface area (Å²) in [6.07, 6.45) is 1.77. The average molecular weight is 354 g/mol. The molecule has 1 heterocycles. The van der Waals surface area contributed by atoms with Gasteiger partial charge in [0.2, 0.25) is 5.69 Å². The maximum absolute atomic E-state index is 13.1. The molecule has 0 unspecified atom stereocenters. The largest absolute Gasteiger partial charge is 0.432 e. The molecule has 6 nitrogen and oxygen atoms in total. The first kappa shape index (κ1) is 16.3. The summed E-state index contributed by atoms with van der Waals surface area (Å²) in [5, 5.41) is 2.58. The topological polar surface area (TPSA) is 70.2 Å². The molecule has 1 aliphatic rings. The Kier molecular flexibility index (Phi) is 4.12. The number of aromatic nitrogens is 2.